The van der Waals surface area contributed by atoms with Crippen LogP contribution in [0.1, 0.15) is 5.56 Å². The maximum absolute atomic E-state index is 12.8. The molecule has 0 amide bonds. The number of imidazole rings is 1. The number of nitrogens with zero attached hydrogens (tertiary/aromatic N) is 4. The monoisotopic (exact) mass is 269 g/mol. The van der Waals surface area contributed by atoms with Crippen molar-refractivity contribution in [2.45, 2.75) is 6.54 Å². The molecule has 0 fully saturated rings. The molecule has 0 spiro atoms. The number of aromatic nitrogens is 4. The average Bonchev–Trinajstić information content (AvgIpc) is 3.01. The highest BCUT2D eigenvalue weighted by Crippen LogP contribution is 2.10. The number of benzene rings is 1. The van der Waals surface area contributed by atoms with Gasteiger partial charge in [0.1, 0.15) is 30.1 Å². The fourth-order valence-corrected chi connectivity index (χ4v) is 1.77. The van der Waals surface area contributed by atoms with Crippen LogP contribution >= 0.6 is 0 Å². The molecule has 6 heteroatoms. The number of halogens is 1. The molecule has 100 valence electrons. The molecule has 1 N–H and O–H groups in total. The van der Waals surface area contributed by atoms with E-state index in [-0.39, 0.29) is 5.82 Å². The molecule has 0 aliphatic heterocycles. The van der Waals surface area contributed by atoms with Gasteiger partial charge in [-0.2, -0.15) is 0 Å². The summed E-state index contributed by atoms with van der Waals surface area (Å²) in [7, 11) is 0. The standard InChI is InChI=1S/C14H12FN5/c15-12-3-1-11(2-4-12)8-17-13-7-14(19-9-18-13)20-6-5-16-10-20/h1-7,9-10H,8H2,(H,17,18,19). The van der Waals surface area contributed by atoms with Crippen LogP contribution in [0.5, 0.6) is 0 Å². The van der Waals surface area contributed by atoms with Crippen molar-refractivity contribution in [2.24, 2.45) is 0 Å². The van der Waals surface area contributed by atoms with E-state index in [0.717, 1.165) is 11.4 Å². The van der Waals surface area contributed by atoms with E-state index in [9.17, 15) is 4.39 Å². The lowest BCUT2D eigenvalue weighted by atomic mass is 10.2. The summed E-state index contributed by atoms with van der Waals surface area (Å²) in [5, 5.41) is 3.18. The fraction of sp³-hybridized carbons (Fsp3) is 0.0714. The second-order valence-corrected chi connectivity index (χ2v) is 4.21. The van der Waals surface area contributed by atoms with Crippen LogP contribution in [0.4, 0.5) is 10.2 Å². The molecule has 5 nitrogen and oxygen atoms in total. The molecule has 2 aromatic heterocycles. The molecule has 0 bridgehead atoms. The largest absolute Gasteiger partial charge is 0.366 e. The van der Waals surface area contributed by atoms with Gasteiger partial charge in [0.25, 0.3) is 0 Å². The van der Waals surface area contributed by atoms with Gasteiger partial charge in [-0.25, -0.2) is 19.3 Å². The van der Waals surface area contributed by atoms with Gasteiger partial charge in [0.15, 0.2) is 0 Å². The van der Waals surface area contributed by atoms with Crippen molar-refractivity contribution in [3.8, 4) is 5.82 Å². The van der Waals surface area contributed by atoms with E-state index < -0.39 is 0 Å². The Balaban J connectivity index is 1.72. The molecule has 1 aromatic carbocycles. The van der Waals surface area contributed by atoms with Gasteiger partial charge >= 0.3 is 0 Å². The Morgan fingerprint density at radius 1 is 1.15 bits per heavy atom. The molecular weight excluding hydrogens is 257 g/mol. The number of hydrogen-bond acceptors (Lipinski definition) is 4. The van der Waals surface area contributed by atoms with E-state index in [1.807, 2.05) is 12.3 Å². The molecule has 0 saturated heterocycles. The molecule has 0 aliphatic rings. The Labute approximate surface area is 115 Å². The molecule has 0 aliphatic carbocycles. The summed E-state index contributed by atoms with van der Waals surface area (Å²) in [6.07, 6.45) is 6.66. The summed E-state index contributed by atoms with van der Waals surface area (Å²) in [6.45, 7) is 0.570. The van der Waals surface area contributed by atoms with E-state index in [4.69, 9.17) is 0 Å². The first-order valence-electron chi connectivity index (χ1n) is 6.10. The first-order valence-corrected chi connectivity index (χ1v) is 6.10. The summed E-state index contributed by atoms with van der Waals surface area (Å²) in [5.74, 6) is 1.20. The first kappa shape index (κ1) is 12.3. The Hall–Kier alpha value is -2.76. The van der Waals surface area contributed by atoms with E-state index in [1.165, 1.54) is 18.5 Å². The minimum absolute atomic E-state index is 0.238. The van der Waals surface area contributed by atoms with E-state index in [2.05, 4.69) is 20.3 Å². The zero-order valence-electron chi connectivity index (χ0n) is 10.6. The van der Waals surface area contributed by atoms with E-state index >= 15 is 0 Å². The third-order valence-corrected chi connectivity index (χ3v) is 2.81. The average molecular weight is 269 g/mol. The zero-order valence-corrected chi connectivity index (χ0v) is 10.6. The van der Waals surface area contributed by atoms with Crippen LogP contribution < -0.4 is 5.32 Å². The van der Waals surface area contributed by atoms with Crippen LogP contribution in [0.15, 0.2) is 55.4 Å². The predicted octanol–water partition coefficient (Wildman–Crippen LogP) is 2.41. The quantitative estimate of drug-likeness (QED) is 0.790. The lowest BCUT2D eigenvalue weighted by molar-refractivity contribution is 0.627. The molecular formula is C14H12FN5. The van der Waals surface area contributed by atoms with Crippen molar-refractivity contribution in [2.75, 3.05) is 5.32 Å². The minimum atomic E-state index is -0.238. The van der Waals surface area contributed by atoms with Crippen molar-refractivity contribution in [3.63, 3.8) is 0 Å². The molecule has 0 unspecified atom stereocenters. The van der Waals surface area contributed by atoms with Gasteiger partial charge < -0.3 is 5.32 Å². The van der Waals surface area contributed by atoms with Crippen molar-refractivity contribution >= 4 is 5.82 Å². The fourth-order valence-electron chi connectivity index (χ4n) is 1.77. The molecule has 3 aromatic rings. The van der Waals surface area contributed by atoms with Crippen molar-refractivity contribution < 1.29 is 4.39 Å². The third kappa shape index (κ3) is 2.80. The summed E-state index contributed by atoms with van der Waals surface area (Å²) in [4.78, 5) is 12.3. The molecule has 20 heavy (non-hydrogen) atoms. The van der Waals surface area contributed by atoms with Crippen LogP contribution in [0.3, 0.4) is 0 Å². The maximum atomic E-state index is 12.8. The maximum Gasteiger partial charge on any atom is 0.143 e. The van der Waals surface area contributed by atoms with E-state index in [1.54, 1.807) is 29.2 Å². The number of anilines is 1. The summed E-state index contributed by atoms with van der Waals surface area (Å²) < 4.78 is 14.6. The number of hydrogen-bond donors (Lipinski definition) is 1. The minimum Gasteiger partial charge on any atom is -0.366 e. The summed E-state index contributed by atoms with van der Waals surface area (Å²) in [5.41, 5.74) is 0.981. The van der Waals surface area contributed by atoms with Crippen LogP contribution in [0.2, 0.25) is 0 Å². The van der Waals surface area contributed by atoms with Gasteiger partial charge in [-0.3, -0.25) is 4.57 Å². The molecule has 0 radical (unpaired) electrons. The van der Waals surface area contributed by atoms with Crippen molar-refractivity contribution in [1.82, 2.24) is 19.5 Å². The van der Waals surface area contributed by atoms with Gasteiger partial charge in [-0.1, -0.05) is 12.1 Å². The van der Waals surface area contributed by atoms with Gasteiger partial charge in [0.2, 0.25) is 0 Å². The SMILES string of the molecule is Fc1ccc(CNc2cc(-n3ccnc3)ncn2)cc1. The molecule has 0 atom stereocenters. The lowest BCUT2D eigenvalue weighted by Gasteiger charge is -2.07. The van der Waals surface area contributed by atoms with E-state index in [0.29, 0.717) is 12.4 Å². The Morgan fingerprint density at radius 3 is 2.75 bits per heavy atom. The molecule has 3 rings (SSSR count). The topological polar surface area (TPSA) is 55.6 Å². The highest BCUT2D eigenvalue weighted by atomic mass is 19.1. The smallest absolute Gasteiger partial charge is 0.143 e. The van der Waals surface area contributed by atoms with Crippen LogP contribution in [0, 0.1) is 5.82 Å². The lowest BCUT2D eigenvalue weighted by Crippen LogP contribution is -2.03. The number of rotatable bonds is 4. The van der Waals surface area contributed by atoms with Gasteiger partial charge in [0.05, 0.1) is 0 Å². The molecule has 2 heterocycles. The van der Waals surface area contributed by atoms with Gasteiger partial charge in [0, 0.05) is 25.0 Å². The Kier molecular flexibility index (Phi) is 3.36. The summed E-state index contributed by atoms with van der Waals surface area (Å²) >= 11 is 0. The number of nitrogens with one attached hydrogen (secondary N) is 1. The second-order valence-electron chi connectivity index (χ2n) is 4.21. The van der Waals surface area contributed by atoms with Crippen molar-refractivity contribution in [3.05, 3.63) is 66.8 Å². The second kappa shape index (κ2) is 5.48. The normalized spacial score (nSPS) is 10.4. The highest BCUT2D eigenvalue weighted by molar-refractivity contribution is 5.41. The Morgan fingerprint density at radius 2 is 2.00 bits per heavy atom. The first-order chi connectivity index (χ1) is 9.81. The Bertz CT molecular complexity index is 679. The highest BCUT2D eigenvalue weighted by Gasteiger charge is 2.01. The van der Waals surface area contributed by atoms with Crippen molar-refractivity contribution in [1.29, 1.82) is 0 Å². The van der Waals surface area contributed by atoms with Crippen LogP contribution in [-0.4, -0.2) is 19.5 Å². The van der Waals surface area contributed by atoms with Crippen LogP contribution in [0.25, 0.3) is 5.82 Å². The van der Waals surface area contributed by atoms with Gasteiger partial charge in [-0.15, -0.1) is 0 Å². The van der Waals surface area contributed by atoms with Crippen LogP contribution in [-0.2, 0) is 6.54 Å². The summed E-state index contributed by atoms with van der Waals surface area (Å²) in [6, 6.07) is 8.17. The van der Waals surface area contributed by atoms with Gasteiger partial charge in [-0.05, 0) is 17.7 Å². The zero-order chi connectivity index (χ0) is 13.8. The predicted molar refractivity (Wildman–Crippen MR) is 72.9 cm³/mol. The third-order valence-electron chi connectivity index (χ3n) is 2.81. The molecule has 0 saturated carbocycles.